The zero-order valence-electron chi connectivity index (χ0n) is 9.32. The maximum Gasteiger partial charge on any atom is 0.123 e. The minimum Gasteiger partial charge on any atom is -0.467 e. The SMILES string of the molecule is Brc1ccc2c(c1)N(Cc1ccco1)CCN2. The molecule has 0 amide bonds. The summed E-state index contributed by atoms with van der Waals surface area (Å²) >= 11 is 3.52. The molecule has 3 nitrogen and oxygen atoms in total. The Morgan fingerprint density at radius 1 is 1.35 bits per heavy atom. The van der Waals surface area contributed by atoms with Gasteiger partial charge in [0.15, 0.2) is 0 Å². The lowest BCUT2D eigenvalue weighted by Gasteiger charge is -2.31. The molecule has 2 aromatic rings. The Kier molecular flexibility index (Phi) is 2.81. The predicted octanol–water partition coefficient (Wildman–Crippen LogP) is 3.47. The van der Waals surface area contributed by atoms with Gasteiger partial charge < -0.3 is 14.6 Å². The van der Waals surface area contributed by atoms with Gasteiger partial charge in [0, 0.05) is 17.6 Å². The highest BCUT2D eigenvalue weighted by Gasteiger charge is 2.17. The van der Waals surface area contributed by atoms with E-state index in [1.165, 1.54) is 11.4 Å². The van der Waals surface area contributed by atoms with Gasteiger partial charge in [-0.15, -0.1) is 0 Å². The van der Waals surface area contributed by atoms with Crippen LogP contribution < -0.4 is 10.2 Å². The van der Waals surface area contributed by atoms with Gasteiger partial charge in [0.1, 0.15) is 5.76 Å². The van der Waals surface area contributed by atoms with Crippen LogP contribution in [0, 0.1) is 0 Å². The standard InChI is InChI=1S/C13H13BrN2O/c14-10-3-4-12-13(8-10)16(6-5-15-12)9-11-2-1-7-17-11/h1-4,7-8,15H,5-6,9H2. The largest absolute Gasteiger partial charge is 0.467 e. The molecular weight excluding hydrogens is 280 g/mol. The van der Waals surface area contributed by atoms with E-state index in [9.17, 15) is 0 Å². The van der Waals surface area contributed by atoms with Crippen molar-refractivity contribution < 1.29 is 4.42 Å². The molecule has 0 saturated heterocycles. The van der Waals surface area contributed by atoms with Crippen molar-refractivity contribution in [1.82, 2.24) is 0 Å². The molecule has 17 heavy (non-hydrogen) atoms. The van der Waals surface area contributed by atoms with Crippen molar-refractivity contribution in [1.29, 1.82) is 0 Å². The summed E-state index contributed by atoms with van der Waals surface area (Å²) in [6.07, 6.45) is 1.72. The first-order valence-corrected chi connectivity index (χ1v) is 6.43. The topological polar surface area (TPSA) is 28.4 Å². The van der Waals surface area contributed by atoms with E-state index in [1.54, 1.807) is 6.26 Å². The van der Waals surface area contributed by atoms with E-state index in [4.69, 9.17) is 4.42 Å². The zero-order chi connectivity index (χ0) is 11.7. The van der Waals surface area contributed by atoms with E-state index < -0.39 is 0 Å². The van der Waals surface area contributed by atoms with Crippen LogP contribution in [-0.2, 0) is 6.54 Å². The molecule has 1 aromatic carbocycles. The first-order valence-electron chi connectivity index (χ1n) is 5.64. The molecule has 0 bridgehead atoms. The number of nitrogens with one attached hydrogen (secondary N) is 1. The molecule has 4 heteroatoms. The quantitative estimate of drug-likeness (QED) is 0.919. The van der Waals surface area contributed by atoms with Gasteiger partial charge in [-0.3, -0.25) is 0 Å². The van der Waals surface area contributed by atoms with Gasteiger partial charge in [0.25, 0.3) is 0 Å². The smallest absolute Gasteiger partial charge is 0.123 e. The van der Waals surface area contributed by atoms with Crippen LogP contribution in [0.1, 0.15) is 5.76 Å². The Morgan fingerprint density at radius 3 is 3.12 bits per heavy atom. The van der Waals surface area contributed by atoms with Gasteiger partial charge in [-0.2, -0.15) is 0 Å². The average Bonchev–Trinajstić information content (AvgIpc) is 2.83. The normalized spacial score (nSPS) is 14.3. The van der Waals surface area contributed by atoms with Crippen LogP contribution in [0.2, 0.25) is 0 Å². The number of halogens is 1. The van der Waals surface area contributed by atoms with Crippen molar-refractivity contribution in [2.45, 2.75) is 6.54 Å². The van der Waals surface area contributed by atoms with Gasteiger partial charge >= 0.3 is 0 Å². The summed E-state index contributed by atoms with van der Waals surface area (Å²) in [6.45, 7) is 2.78. The lowest BCUT2D eigenvalue weighted by atomic mass is 10.2. The summed E-state index contributed by atoms with van der Waals surface area (Å²) < 4.78 is 6.51. The van der Waals surface area contributed by atoms with Gasteiger partial charge in [-0.25, -0.2) is 0 Å². The number of anilines is 2. The Bertz CT molecular complexity index is 510. The number of hydrogen-bond donors (Lipinski definition) is 1. The third-order valence-corrected chi connectivity index (χ3v) is 3.42. The predicted molar refractivity (Wildman–Crippen MR) is 72.4 cm³/mol. The molecule has 1 aliphatic heterocycles. The summed E-state index contributed by atoms with van der Waals surface area (Å²) in [5, 5.41) is 3.41. The fourth-order valence-electron chi connectivity index (χ4n) is 2.12. The molecule has 0 saturated carbocycles. The van der Waals surface area contributed by atoms with Crippen molar-refractivity contribution >= 4 is 27.3 Å². The summed E-state index contributed by atoms with van der Waals surface area (Å²) in [4.78, 5) is 2.33. The third kappa shape index (κ3) is 2.17. The molecule has 0 radical (unpaired) electrons. The van der Waals surface area contributed by atoms with Crippen molar-refractivity contribution in [2.24, 2.45) is 0 Å². The van der Waals surface area contributed by atoms with E-state index in [1.807, 2.05) is 12.1 Å². The second-order valence-corrected chi connectivity index (χ2v) is 5.00. The Morgan fingerprint density at radius 2 is 2.29 bits per heavy atom. The molecule has 2 heterocycles. The fraction of sp³-hybridized carbons (Fsp3) is 0.231. The fourth-order valence-corrected chi connectivity index (χ4v) is 2.47. The number of fused-ring (bicyclic) bond motifs is 1. The first-order chi connectivity index (χ1) is 8.33. The number of benzene rings is 1. The van der Waals surface area contributed by atoms with E-state index in [2.05, 4.69) is 44.3 Å². The average molecular weight is 293 g/mol. The highest BCUT2D eigenvalue weighted by molar-refractivity contribution is 9.10. The van der Waals surface area contributed by atoms with Crippen molar-refractivity contribution in [2.75, 3.05) is 23.3 Å². The molecular formula is C13H13BrN2O. The molecule has 1 aromatic heterocycles. The number of furan rings is 1. The van der Waals surface area contributed by atoms with Crippen molar-refractivity contribution in [3.63, 3.8) is 0 Å². The van der Waals surface area contributed by atoms with Gasteiger partial charge in [0.05, 0.1) is 24.2 Å². The van der Waals surface area contributed by atoms with Crippen LogP contribution in [0.5, 0.6) is 0 Å². The lowest BCUT2D eigenvalue weighted by molar-refractivity contribution is 0.502. The highest BCUT2D eigenvalue weighted by atomic mass is 79.9. The van der Waals surface area contributed by atoms with Gasteiger partial charge in [0.2, 0.25) is 0 Å². The second kappa shape index (κ2) is 4.45. The van der Waals surface area contributed by atoms with Gasteiger partial charge in [-0.1, -0.05) is 15.9 Å². The Hall–Kier alpha value is -1.42. The van der Waals surface area contributed by atoms with Crippen LogP contribution in [0.15, 0.2) is 45.5 Å². The third-order valence-electron chi connectivity index (χ3n) is 2.92. The molecule has 0 fully saturated rings. The van der Waals surface area contributed by atoms with Crippen LogP contribution in [0.4, 0.5) is 11.4 Å². The molecule has 0 unspecified atom stereocenters. The van der Waals surface area contributed by atoms with Crippen LogP contribution in [0.25, 0.3) is 0 Å². The number of nitrogens with zero attached hydrogens (tertiary/aromatic N) is 1. The Labute approximate surface area is 109 Å². The van der Waals surface area contributed by atoms with E-state index >= 15 is 0 Å². The Balaban J connectivity index is 1.90. The van der Waals surface area contributed by atoms with Crippen LogP contribution in [0.3, 0.4) is 0 Å². The molecule has 0 atom stereocenters. The second-order valence-electron chi connectivity index (χ2n) is 4.09. The highest BCUT2D eigenvalue weighted by Crippen LogP contribution is 2.32. The minimum absolute atomic E-state index is 0.818. The zero-order valence-corrected chi connectivity index (χ0v) is 10.9. The molecule has 1 aliphatic rings. The maximum absolute atomic E-state index is 5.41. The molecule has 0 spiro atoms. The minimum atomic E-state index is 0.818. The van der Waals surface area contributed by atoms with E-state index in [-0.39, 0.29) is 0 Å². The van der Waals surface area contributed by atoms with Crippen molar-refractivity contribution in [3.8, 4) is 0 Å². The first kappa shape index (κ1) is 10.7. The van der Waals surface area contributed by atoms with E-state index in [0.29, 0.717) is 0 Å². The molecule has 88 valence electrons. The lowest BCUT2D eigenvalue weighted by Crippen LogP contribution is -2.33. The number of hydrogen-bond acceptors (Lipinski definition) is 3. The van der Waals surface area contributed by atoms with E-state index in [0.717, 1.165) is 29.9 Å². The molecule has 0 aliphatic carbocycles. The van der Waals surface area contributed by atoms with Gasteiger partial charge in [-0.05, 0) is 30.3 Å². The number of rotatable bonds is 2. The maximum atomic E-state index is 5.41. The summed E-state index contributed by atoms with van der Waals surface area (Å²) in [5.74, 6) is 0.998. The monoisotopic (exact) mass is 292 g/mol. The van der Waals surface area contributed by atoms with Crippen molar-refractivity contribution in [3.05, 3.63) is 46.8 Å². The van der Waals surface area contributed by atoms with Crippen LogP contribution >= 0.6 is 15.9 Å². The summed E-state index contributed by atoms with van der Waals surface area (Å²) in [7, 11) is 0. The summed E-state index contributed by atoms with van der Waals surface area (Å²) in [6, 6.07) is 10.2. The molecule has 1 N–H and O–H groups in total. The molecule has 3 rings (SSSR count). The summed E-state index contributed by atoms with van der Waals surface area (Å²) in [5.41, 5.74) is 2.41. The van der Waals surface area contributed by atoms with Crippen LogP contribution in [-0.4, -0.2) is 13.1 Å².